The Morgan fingerprint density at radius 1 is 1.40 bits per heavy atom. The minimum absolute atomic E-state index is 0.0746. The van der Waals surface area contributed by atoms with E-state index in [0.29, 0.717) is 10.4 Å². The van der Waals surface area contributed by atoms with Crippen molar-refractivity contribution < 1.29 is 14.0 Å². The van der Waals surface area contributed by atoms with Crippen LogP contribution in [0.15, 0.2) is 42.2 Å². The number of hydrogen-bond acceptors (Lipinski definition) is 5. The van der Waals surface area contributed by atoms with Crippen molar-refractivity contribution in [2.45, 2.75) is 26.3 Å². The predicted octanol–water partition coefficient (Wildman–Crippen LogP) is 3.70. The summed E-state index contributed by atoms with van der Waals surface area (Å²) in [4.78, 5) is 25.4. The van der Waals surface area contributed by atoms with Crippen molar-refractivity contribution in [3.63, 3.8) is 0 Å². The van der Waals surface area contributed by atoms with Crippen molar-refractivity contribution in [1.29, 1.82) is 0 Å². The summed E-state index contributed by atoms with van der Waals surface area (Å²) < 4.78 is 6.62. The first-order valence-corrected chi connectivity index (χ1v) is 9.93. The van der Waals surface area contributed by atoms with Crippen molar-refractivity contribution in [2.24, 2.45) is 11.0 Å². The molecule has 1 unspecified atom stereocenters. The van der Waals surface area contributed by atoms with E-state index < -0.39 is 6.04 Å². The molecule has 0 radical (unpaired) electrons. The van der Waals surface area contributed by atoms with Gasteiger partial charge in [0.2, 0.25) is 5.91 Å². The number of nitrogens with zero attached hydrogens (tertiary/aromatic N) is 1. The van der Waals surface area contributed by atoms with Gasteiger partial charge in [0.1, 0.15) is 11.8 Å². The molecule has 0 saturated heterocycles. The van der Waals surface area contributed by atoms with Gasteiger partial charge in [0.05, 0.1) is 17.1 Å². The fourth-order valence-corrected chi connectivity index (χ4v) is 3.30. The molecule has 2 aromatic heterocycles. The quantitative estimate of drug-likeness (QED) is 0.458. The van der Waals surface area contributed by atoms with Crippen molar-refractivity contribution >= 4 is 61.2 Å². The Morgan fingerprint density at radius 3 is 2.72 bits per heavy atom. The second-order valence-corrected chi connectivity index (χ2v) is 8.16. The third kappa shape index (κ3) is 6.09. The number of amides is 2. The Morgan fingerprint density at radius 2 is 2.16 bits per heavy atom. The van der Waals surface area contributed by atoms with Crippen LogP contribution < -0.4 is 10.7 Å². The van der Waals surface area contributed by atoms with Gasteiger partial charge in [0.25, 0.3) is 5.91 Å². The van der Waals surface area contributed by atoms with E-state index >= 15 is 0 Å². The number of nitrogens with one attached hydrogen (secondary N) is 2. The Labute approximate surface area is 166 Å². The summed E-state index contributed by atoms with van der Waals surface area (Å²) in [7, 11) is 0. The lowest BCUT2D eigenvalue weighted by Gasteiger charge is -2.20. The van der Waals surface area contributed by atoms with Gasteiger partial charge < -0.3 is 9.73 Å². The molecule has 6 nitrogen and oxygen atoms in total. The first-order chi connectivity index (χ1) is 11.9. The van der Waals surface area contributed by atoms with E-state index in [2.05, 4.69) is 47.7 Å². The average molecular weight is 491 g/mol. The van der Waals surface area contributed by atoms with Crippen molar-refractivity contribution in [2.75, 3.05) is 0 Å². The minimum Gasteiger partial charge on any atom is -0.447 e. The first-order valence-electron chi connectivity index (χ1n) is 7.46. The molecule has 0 bridgehead atoms. The molecule has 2 N–H and O–H groups in total. The zero-order chi connectivity index (χ0) is 18.4. The highest BCUT2D eigenvalue weighted by molar-refractivity contribution is 9.13. The van der Waals surface area contributed by atoms with E-state index in [1.54, 1.807) is 6.07 Å². The molecule has 0 saturated carbocycles. The largest absolute Gasteiger partial charge is 0.447 e. The van der Waals surface area contributed by atoms with Crippen LogP contribution >= 0.6 is 43.2 Å². The van der Waals surface area contributed by atoms with Gasteiger partial charge in [-0.15, -0.1) is 11.3 Å². The van der Waals surface area contributed by atoms with E-state index in [9.17, 15) is 9.59 Å². The summed E-state index contributed by atoms with van der Waals surface area (Å²) in [5.74, 6) is -0.175. The van der Waals surface area contributed by atoms with Crippen LogP contribution in [0.2, 0.25) is 0 Å². The van der Waals surface area contributed by atoms with Gasteiger partial charge in [-0.1, -0.05) is 19.9 Å². The number of rotatable bonds is 7. The topological polar surface area (TPSA) is 83.7 Å². The predicted molar refractivity (Wildman–Crippen MR) is 105 cm³/mol. The van der Waals surface area contributed by atoms with Crippen LogP contribution in [0.5, 0.6) is 0 Å². The maximum Gasteiger partial charge on any atom is 0.262 e. The lowest BCUT2D eigenvalue weighted by Crippen LogP contribution is -2.49. The van der Waals surface area contributed by atoms with Gasteiger partial charge in [0, 0.05) is 10.9 Å². The molecule has 2 amide bonds. The molecule has 0 aliphatic heterocycles. The number of halogens is 2. The molecule has 2 aromatic rings. The van der Waals surface area contributed by atoms with E-state index in [-0.39, 0.29) is 24.2 Å². The monoisotopic (exact) mass is 489 g/mol. The summed E-state index contributed by atoms with van der Waals surface area (Å²) in [6.45, 7) is 3.72. The van der Waals surface area contributed by atoms with E-state index in [0.717, 1.165) is 9.35 Å². The van der Waals surface area contributed by atoms with Crippen LogP contribution in [0.3, 0.4) is 0 Å². The molecule has 0 spiro atoms. The van der Waals surface area contributed by atoms with Crippen LogP contribution in [0.4, 0.5) is 0 Å². The molecule has 0 fully saturated rings. The summed E-state index contributed by atoms with van der Waals surface area (Å²) in [5, 5.41) is 8.54. The van der Waals surface area contributed by atoms with Crippen LogP contribution in [0.1, 0.15) is 24.5 Å². The maximum absolute atomic E-state index is 12.3. The van der Waals surface area contributed by atoms with Crippen LogP contribution in [-0.4, -0.2) is 24.1 Å². The van der Waals surface area contributed by atoms with Crippen LogP contribution in [0, 0.1) is 5.92 Å². The normalized spacial score (nSPS) is 12.5. The zero-order valence-corrected chi connectivity index (χ0v) is 17.6. The molecule has 0 aliphatic carbocycles. The highest BCUT2D eigenvalue weighted by Gasteiger charge is 2.24. The molecular formula is C16H17Br2N3O3S. The molecule has 2 heterocycles. The minimum atomic E-state index is -0.667. The lowest BCUT2D eigenvalue weighted by atomic mass is 10.0. The molecule has 2 rings (SSSR count). The molecule has 1 atom stereocenters. The summed E-state index contributed by atoms with van der Waals surface area (Å²) >= 11 is 8.02. The molecule has 25 heavy (non-hydrogen) atoms. The summed E-state index contributed by atoms with van der Waals surface area (Å²) in [5.41, 5.74) is 2.43. The summed E-state index contributed by atoms with van der Waals surface area (Å²) in [6.07, 6.45) is 1.64. The molecule has 9 heteroatoms. The SMILES string of the molecule is CC(C)C(NC(=O)Cc1cccs1)C(=O)N/N=C\c1cc(Br)c(Br)o1. The molecule has 0 aromatic carbocycles. The summed E-state index contributed by atoms with van der Waals surface area (Å²) in [6, 6.07) is 4.82. The standard InChI is InChI=1S/C16H17Br2N3O3S/c1-9(2)14(20-13(22)7-11-4-3-5-25-11)16(23)21-19-8-10-6-12(17)15(18)24-10/h3-6,8-9,14H,7H2,1-2H3,(H,20,22)(H,21,23)/b19-8-. The fraction of sp³-hybridized carbons (Fsp3) is 0.312. The number of hydrogen-bond donors (Lipinski definition) is 2. The fourth-order valence-electron chi connectivity index (χ4n) is 1.99. The zero-order valence-electron chi connectivity index (χ0n) is 13.6. The van der Waals surface area contributed by atoms with Crippen molar-refractivity contribution in [3.05, 3.63) is 43.4 Å². The van der Waals surface area contributed by atoms with E-state index in [1.807, 2.05) is 31.4 Å². The second kappa shape index (κ2) is 9.30. The average Bonchev–Trinajstić information content (AvgIpc) is 3.15. The van der Waals surface area contributed by atoms with Gasteiger partial charge in [-0.2, -0.15) is 5.10 Å². The third-order valence-corrected chi connectivity index (χ3v) is 5.80. The second-order valence-electron chi connectivity index (χ2n) is 5.55. The van der Waals surface area contributed by atoms with Crippen molar-refractivity contribution in [3.8, 4) is 0 Å². The Bertz CT molecular complexity index is 737. The van der Waals surface area contributed by atoms with Crippen LogP contribution in [0.25, 0.3) is 0 Å². The number of furan rings is 1. The number of thiophene rings is 1. The maximum atomic E-state index is 12.3. The lowest BCUT2D eigenvalue weighted by molar-refractivity contribution is -0.129. The third-order valence-electron chi connectivity index (χ3n) is 3.21. The van der Waals surface area contributed by atoms with E-state index in [1.165, 1.54) is 17.6 Å². The van der Waals surface area contributed by atoms with Gasteiger partial charge >= 0.3 is 0 Å². The Balaban J connectivity index is 1.91. The number of carbonyl (C=O) groups is 2. The van der Waals surface area contributed by atoms with Gasteiger partial charge in [-0.05, 0) is 49.2 Å². The number of hydrazone groups is 1. The first kappa shape index (κ1) is 19.9. The van der Waals surface area contributed by atoms with Gasteiger partial charge in [-0.3, -0.25) is 9.59 Å². The van der Waals surface area contributed by atoms with E-state index in [4.69, 9.17) is 4.42 Å². The highest BCUT2D eigenvalue weighted by atomic mass is 79.9. The Hall–Kier alpha value is -1.45. The number of carbonyl (C=O) groups excluding carboxylic acids is 2. The molecule has 134 valence electrons. The highest BCUT2D eigenvalue weighted by Crippen LogP contribution is 2.25. The van der Waals surface area contributed by atoms with Crippen molar-refractivity contribution in [1.82, 2.24) is 10.7 Å². The van der Waals surface area contributed by atoms with Gasteiger partial charge in [0.15, 0.2) is 4.67 Å². The van der Waals surface area contributed by atoms with Crippen LogP contribution in [-0.2, 0) is 16.0 Å². The smallest absolute Gasteiger partial charge is 0.262 e. The van der Waals surface area contributed by atoms with Gasteiger partial charge in [-0.25, -0.2) is 5.43 Å². The molecule has 0 aliphatic rings. The molecular weight excluding hydrogens is 474 g/mol. The Kier molecular flexibility index (Phi) is 7.39.